The number of allylic oxidation sites excluding steroid dienone is 8. The van der Waals surface area contributed by atoms with E-state index in [9.17, 15) is 64.3 Å². The van der Waals surface area contributed by atoms with E-state index in [4.69, 9.17) is 0 Å². The third-order valence-electron chi connectivity index (χ3n) is 34.5. The van der Waals surface area contributed by atoms with Crippen molar-refractivity contribution in [2.75, 3.05) is 0 Å². The highest BCUT2D eigenvalue weighted by Crippen LogP contribution is 2.65. The van der Waals surface area contributed by atoms with Crippen molar-refractivity contribution in [2.24, 2.45) is 92.7 Å². The summed E-state index contributed by atoms with van der Waals surface area (Å²) in [6.45, 7) is 29.8. The van der Waals surface area contributed by atoms with Crippen molar-refractivity contribution >= 4 is 0 Å². The van der Waals surface area contributed by atoms with Crippen LogP contribution in [0.1, 0.15) is 291 Å². The molecule has 0 saturated heterocycles. The molecule has 4 aromatic carbocycles. The Morgan fingerprint density at radius 1 is 0.341 bits per heavy atom. The molecule has 8 saturated carbocycles. The Kier molecular flexibility index (Phi) is 33.4. The summed E-state index contributed by atoms with van der Waals surface area (Å²) in [7, 11) is 0. The number of rotatable bonds is 32. The Morgan fingerprint density at radius 2 is 0.594 bits per heavy atom. The number of hydrogen-bond acceptors (Lipinski definition) is 16. The highest BCUT2D eigenvalue weighted by Gasteiger charge is 2.58. The molecule has 30 heteroatoms. The van der Waals surface area contributed by atoms with Gasteiger partial charge in [-0.2, -0.15) is 9.59 Å². The number of hydrogen-bond donors (Lipinski definition) is 4. The molecule has 4 aromatic heterocycles. The Balaban J connectivity index is 0.000000155. The molecule has 0 spiro atoms. The van der Waals surface area contributed by atoms with E-state index in [1.165, 1.54) is 102 Å². The zero-order chi connectivity index (χ0) is 100.0. The second kappa shape index (κ2) is 43.2. The number of fused-ring (bicyclic) bond motifs is 4. The van der Waals surface area contributed by atoms with E-state index < -0.39 is 46.1 Å². The fourth-order valence-corrected chi connectivity index (χ4v) is 25.8. The highest BCUT2D eigenvalue weighted by atomic mass is 19.3. The zero-order valence-electron chi connectivity index (χ0n) is 84.0. The van der Waals surface area contributed by atoms with Crippen LogP contribution in [-0.4, -0.2) is 147 Å². The predicted octanol–water partition coefficient (Wildman–Crippen LogP) is 25.5. The predicted molar refractivity (Wildman–Crippen MR) is 517 cm³/mol. The van der Waals surface area contributed by atoms with Gasteiger partial charge in [0.15, 0.2) is 11.6 Å². The van der Waals surface area contributed by atoms with Crippen LogP contribution in [-0.2, 0) is 26.2 Å². The lowest BCUT2D eigenvalue weighted by Crippen LogP contribution is -2.43. The first kappa shape index (κ1) is 107. The number of halogens is 10. The zero-order valence-corrected chi connectivity index (χ0v) is 84.0. The molecule has 20 nitrogen and oxygen atoms in total. The lowest BCUT2D eigenvalue weighted by Gasteiger charge is -2.44. The van der Waals surface area contributed by atoms with Gasteiger partial charge < -0.3 is 20.4 Å². The molecule has 138 heavy (non-hydrogen) atoms. The van der Waals surface area contributed by atoms with Gasteiger partial charge in [0, 0.05) is 47.9 Å². The maximum Gasteiger partial charge on any atom is 0.275 e. The minimum atomic E-state index is -3.09. The average molecular weight is 1930 g/mol. The van der Waals surface area contributed by atoms with Gasteiger partial charge in [-0.15, -0.1) is 30.6 Å². The molecule has 0 amide bonds. The van der Waals surface area contributed by atoms with Crippen LogP contribution >= 0.6 is 0 Å². The van der Waals surface area contributed by atoms with Crippen LogP contribution in [0.5, 0.6) is 0 Å². The molecule has 756 valence electrons. The van der Waals surface area contributed by atoms with Gasteiger partial charge in [0.2, 0.25) is 11.6 Å². The Labute approximate surface area is 809 Å². The molecule has 16 rings (SSSR count). The van der Waals surface area contributed by atoms with E-state index in [0.717, 1.165) is 156 Å². The van der Waals surface area contributed by atoms with Gasteiger partial charge in [-0.1, -0.05) is 163 Å². The fourth-order valence-electron chi connectivity index (χ4n) is 25.8. The molecule has 8 fully saturated rings. The topological polar surface area (TPSA) is 255 Å². The molecule has 8 aromatic rings. The first-order valence-corrected chi connectivity index (χ1v) is 50.7. The second-order valence-corrected chi connectivity index (χ2v) is 45.1. The normalized spacial score (nSPS) is 27.5. The summed E-state index contributed by atoms with van der Waals surface area (Å²) >= 11 is 0. The van der Waals surface area contributed by atoms with Crippen LogP contribution in [0, 0.1) is 104 Å². The fraction of sp³-hybridized carbons (Fsp3) is 0.667. The van der Waals surface area contributed by atoms with Gasteiger partial charge in [-0.05, 0) is 382 Å². The summed E-state index contributed by atoms with van der Waals surface area (Å²) in [6.07, 6.45) is 31.4. The van der Waals surface area contributed by atoms with Crippen molar-refractivity contribution in [2.45, 2.75) is 363 Å². The molecule has 0 aliphatic heterocycles. The van der Waals surface area contributed by atoms with Crippen molar-refractivity contribution in [3.05, 3.63) is 167 Å². The molecule has 0 radical (unpaired) electrons. The molecular formula is C108H150F10N16O4. The number of alkyl halides is 8. The minimum absolute atomic E-state index is 0.0912. The van der Waals surface area contributed by atoms with E-state index in [1.54, 1.807) is 38.5 Å². The molecular weight excluding hydrogens is 1780 g/mol. The summed E-state index contributed by atoms with van der Waals surface area (Å²) in [5, 5.41) is 89.4. The largest absolute Gasteiger partial charge is 0.384 e. The van der Waals surface area contributed by atoms with E-state index >= 15 is 0 Å². The molecule has 8 aliphatic carbocycles. The Hall–Kier alpha value is -8.74. The quantitative estimate of drug-likeness (QED) is 0.0226. The SMILES string of the molecule is C[C@H](CCC(F)(F)C(C)(C)O)[C@H]1CC[C@H]2/C(=C/Cn3nnc(-c4ccc(F)cc4)n3)CCC[C@]12C.C[C@H](CCC(F)(F)C(C)(C)O)[C@H]1CC[C@H]2/C(=C/Cn3nnc(-c4ccccc4)n3)CCC[C@]12C.C[C@H](CCC(F)(F)C(C)(C)O)[C@H]1CC[C@H]2/C(=C/Cn3nnnc3-c3ccc(F)cc3)CCC[C@]12C.C[C@H](CCC(F)(F)C(C)(C)O)[C@H]1CC[C@H]2/C(=C/Cn3nnnc3-c3ccccc3)CCC[C@]12C. The summed E-state index contributed by atoms with van der Waals surface area (Å²) in [5.74, 6) is -6.24. The Bertz CT molecular complexity index is 5400. The second-order valence-electron chi connectivity index (χ2n) is 45.1. The number of aromatic nitrogens is 16. The van der Waals surface area contributed by atoms with Crippen LogP contribution < -0.4 is 0 Å². The number of benzene rings is 4. The first-order valence-electron chi connectivity index (χ1n) is 50.7. The summed E-state index contributed by atoms with van der Waals surface area (Å²) in [4.78, 5) is 3.21. The van der Waals surface area contributed by atoms with Gasteiger partial charge in [-0.3, -0.25) is 0 Å². The maximum atomic E-state index is 14.4. The standard InChI is InChI=1S/2C27H37F3N4O.2C27H38F2N4O/c1-18(13-16-27(29,30)25(2,3)35)22-11-12-23-19(6-5-15-26(22,23)4)14-17-34-24(31-32-33-34)20-7-9-21(28)10-8-20;1-18(13-16-27(29,30)25(2,3)35)22-11-12-23-19(6-5-15-26(22,23)4)14-17-34-32-24(31-33-34)20-7-9-21(28)10-8-20;1-19(14-17-27(28,29)25(2,3)34)22-12-13-23-20(11-8-16-26(22,23)4)15-18-33-24(30-31-32-33)21-9-6-5-7-10-21;1-19(14-17-27(28,29)25(2,3)34)22-12-13-23-20(11-8-16-26(22,23)4)15-18-33-31-24(30-32-33)21-9-6-5-7-10-21/h2*7-10,14,18,22-23,35H,5-6,11-13,15-17H2,1-4H3;2*5-7,9-10,15,19,22-23,34H,8,11-14,16-18H2,1-4H3/b2*19-14+;2*20-15+/t2*18-,22-,23+,26-;2*19-,22-,23+,26-/m1111/s1. The van der Waals surface area contributed by atoms with E-state index in [2.05, 4.69) is 142 Å². The smallest absolute Gasteiger partial charge is 0.275 e. The van der Waals surface area contributed by atoms with Gasteiger partial charge in [0.25, 0.3) is 23.7 Å². The molecule has 0 unspecified atom stereocenters. The lowest BCUT2D eigenvalue weighted by molar-refractivity contribution is -0.168. The molecule has 4 heterocycles. The molecule has 4 N–H and O–H groups in total. The van der Waals surface area contributed by atoms with Crippen LogP contribution in [0.4, 0.5) is 43.9 Å². The molecule has 8 aliphatic rings. The van der Waals surface area contributed by atoms with Crippen molar-refractivity contribution < 1.29 is 64.3 Å². The van der Waals surface area contributed by atoms with Crippen LogP contribution in [0.25, 0.3) is 45.6 Å². The molecule has 0 bridgehead atoms. The van der Waals surface area contributed by atoms with E-state index in [0.29, 0.717) is 117 Å². The van der Waals surface area contributed by atoms with Gasteiger partial charge in [-0.25, -0.2) is 53.3 Å². The van der Waals surface area contributed by atoms with Crippen LogP contribution in [0.15, 0.2) is 156 Å². The van der Waals surface area contributed by atoms with Crippen LogP contribution in [0.3, 0.4) is 0 Å². The maximum absolute atomic E-state index is 14.4. The van der Waals surface area contributed by atoms with Crippen molar-refractivity contribution in [1.29, 1.82) is 0 Å². The van der Waals surface area contributed by atoms with Crippen LogP contribution in [0.2, 0.25) is 0 Å². The first-order chi connectivity index (χ1) is 64.9. The Morgan fingerprint density at radius 3 is 0.877 bits per heavy atom. The monoisotopic (exact) mass is 1930 g/mol. The number of nitrogens with zero attached hydrogens (tertiary/aromatic N) is 16. The van der Waals surface area contributed by atoms with Crippen molar-refractivity contribution in [3.63, 3.8) is 0 Å². The van der Waals surface area contributed by atoms with Gasteiger partial charge in [0.1, 0.15) is 34.0 Å². The van der Waals surface area contributed by atoms with Crippen molar-refractivity contribution in [3.8, 4) is 45.6 Å². The van der Waals surface area contributed by atoms with Gasteiger partial charge >= 0.3 is 0 Å². The average Bonchev–Trinajstić information content (AvgIpc) is 1.60. The van der Waals surface area contributed by atoms with Gasteiger partial charge in [0.05, 0.1) is 26.2 Å². The summed E-state index contributed by atoms with van der Waals surface area (Å²) in [6, 6.07) is 32.0. The lowest BCUT2D eigenvalue weighted by atomic mass is 9.60. The van der Waals surface area contributed by atoms with E-state index in [1.807, 2.05) is 65.3 Å². The summed E-state index contributed by atoms with van der Waals surface area (Å²) in [5.41, 5.74) is 1.70. The molecule has 16 atom stereocenters. The van der Waals surface area contributed by atoms with E-state index in [-0.39, 0.29) is 82.6 Å². The number of aliphatic hydroxyl groups is 4. The highest BCUT2D eigenvalue weighted by molar-refractivity contribution is 5.56. The summed E-state index contributed by atoms with van der Waals surface area (Å²) < 4.78 is 145. The minimum Gasteiger partial charge on any atom is -0.384 e. The number of tetrazole rings is 4. The van der Waals surface area contributed by atoms with Crippen molar-refractivity contribution in [1.82, 2.24) is 80.8 Å². The third-order valence-corrected chi connectivity index (χ3v) is 34.5. The third kappa shape index (κ3) is 24.2.